The van der Waals surface area contributed by atoms with Crippen molar-refractivity contribution >= 4 is 17.6 Å². The molecule has 1 amide bonds. The van der Waals surface area contributed by atoms with E-state index in [1.54, 1.807) is 12.0 Å². The van der Waals surface area contributed by atoms with E-state index in [1.807, 2.05) is 36.5 Å². The third-order valence-corrected chi connectivity index (χ3v) is 9.37. The molecule has 2 aliphatic heterocycles. The fourth-order valence-corrected chi connectivity index (χ4v) is 7.46. The Morgan fingerprint density at radius 1 is 1.05 bits per heavy atom. The van der Waals surface area contributed by atoms with Crippen LogP contribution in [-0.4, -0.2) is 59.1 Å². The number of nitrogens with one attached hydrogen (secondary N) is 1. The maximum absolute atomic E-state index is 14.3. The van der Waals surface area contributed by atoms with E-state index in [4.69, 9.17) is 4.74 Å². The number of carbonyl (C=O) groups excluding carboxylic acids is 1. The van der Waals surface area contributed by atoms with Gasteiger partial charge in [-0.25, -0.2) is 9.78 Å². The lowest BCUT2D eigenvalue weighted by molar-refractivity contribution is -0.154. The van der Waals surface area contributed by atoms with Crippen LogP contribution in [0.1, 0.15) is 82.9 Å². The van der Waals surface area contributed by atoms with Gasteiger partial charge >= 0.3 is 5.97 Å². The maximum Gasteiger partial charge on any atom is 0.326 e. The Balaban J connectivity index is 1.55. The number of benzene rings is 1. The number of anilines is 1. The average molecular weight is 563 g/mol. The van der Waals surface area contributed by atoms with E-state index < -0.39 is 18.1 Å². The molecule has 0 spiro atoms. The molecule has 1 saturated carbocycles. The van der Waals surface area contributed by atoms with Crippen LogP contribution in [0.4, 0.5) is 5.69 Å². The fraction of sp³-hybridized carbons (Fsp3) is 0.606. The van der Waals surface area contributed by atoms with E-state index in [-0.39, 0.29) is 29.2 Å². The summed E-state index contributed by atoms with van der Waals surface area (Å²) in [6.07, 6.45) is 9.05. The smallest absolute Gasteiger partial charge is 0.326 e. The number of aliphatic carboxylic acids is 1. The summed E-state index contributed by atoms with van der Waals surface area (Å²) < 4.78 is 5.65. The lowest BCUT2D eigenvalue weighted by atomic mass is 9.72. The summed E-state index contributed by atoms with van der Waals surface area (Å²) in [5, 5.41) is 14.5. The SMILES string of the molecule is COc1ncc(N2CCCC2)cc1CN[C@H]1[C@H](C(C)(C)C)[C@@H](C(=O)O)N(C(=O)C2CCCCC2)[C@H]1c1ccccc1. The molecule has 8 nitrogen and oxygen atoms in total. The molecule has 3 heterocycles. The van der Waals surface area contributed by atoms with Crippen LogP contribution in [0.15, 0.2) is 42.6 Å². The quantitative estimate of drug-likeness (QED) is 0.443. The first kappa shape index (κ1) is 29.4. The highest BCUT2D eigenvalue weighted by Crippen LogP contribution is 2.49. The van der Waals surface area contributed by atoms with Crippen molar-refractivity contribution in [1.29, 1.82) is 0 Å². The van der Waals surface area contributed by atoms with E-state index in [1.165, 1.54) is 12.8 Å². The zero-order valence-corrected chi connectivity index (χ0v) is 25.0. The van der Waals surface area contributed by atoms with Gasteiger partial charge in [0.05, 0.1) is 25.0 Å². The predicted molar refractivity (Wildman–Crippen MR) is 160 cm³/mol. The van der Waals surface area contributed by atoms with Gasteiger partial charge in [0.2, 0.25) is 11.8 Å². The second kappa shape index (κ2) is 12.4. The highest BCUT2D eigenvalue weighted by Gasteiger charge is 2.58. The number of nitrogens with zero attached hydrogens (tertiary/aromatic N) is 3. The molecule has 41 heavy (non-hydrogen) atoms. The van der Waals surface area contributed by atoms with Gasteiger partial charge in [-0.15, -0.1) is 0 Å². The Morgan fingerprint density at radius 3 is 2.34 bits per heavy atom. The number of carboxylic acids is 1. The number of carboxylic acid groups (broad SMARTS) is 1. The topological polar surface area (TPSA) is 95.0 Å². The van der Waals surface area contributed by atoms with Crippen molar-refractivity contribution in [2.24, 2.45) is 17.3 Å². The summed E-state index contributed by atoms with van der Waals surface area (Å²) in [7, 11) is 1.63. The van der Waals surface area contributed by atoms with Gasteiger partial charge in [-0.1, -0.05) is 70.4 Å². The van der Waals surface area contributed by atoms with E-state index >= 15 is 0 Å². The Morgan fingerprint density at radius 2 is 1.73 bits per heavy atom. The fourth-order valence-electron chi connectivity index (χ4n) is 7.46. The number of likely N-dealkylation sites (tertiary alicyclic amines) is 1. The van der Waals surface area contributed by atoms with Gasteiger partial charge in [0, 0.05) is 43.1 Å². The first-order chi connectivity index (χ1) is 19.7. The van der Waals surface area contributed by atoms with Crippen LogP contribution >= 0.6 is 0 Å². The molecule has 0 radical (unpaired) electrons. The number of hydrogen-bond donors (Lipinski definition) is 2. The molecule has 8 heteroatoms. The number of rotatable bonds is 8. The van der Waals surface area contributed by atoms with Crippen molar-refractivity contribution in [3.63, 3.8) is 0 Å². The summed E-state index contributed by atoms with van der Waals surface area (Å²) in [6.45, 7) is 8.77. The predicted octanol–water partition coefficient (Wildman–Crippen LogP) is 5.43. The van der Waals surface area contributed by atoms with Gasteiger partial charge in [-0.05, 0) is 42.7 Å². The second-order valence-electron chi connectivity index (χ2n) is 13.1. The highest BCUT2D eigenvalue weighted by atomic mass is 16.5. The third kappa shape index (κ3) is 6.08. The van der Waals surface area contributed by atoms with Crippen molar-refractivity contribution in [2.75, 3.05) is 25.1 Å². The van der Waals surface area contributed by atoms with Crippen LogP contribution in [0.2, 0.25) is 0 Å². The van der Waals surface area contributed by atoms with Crippen molar-refractivity contribution < 1.29 is 19.4 Å². The Bertz CT molecular complexity index is 1200. The van der Waals surface area contributed by atoms with Gasteiger partial charge in [-0.3, -0.25) is 4.79 Å². The summed E-state index contributed by atoms with van der Waals surface area (Å²) in [6, 6.07) is 10.5. The van der Waals surface area contributed by atoms with Gasteiger partial charge in [0.25, 0.3) is 0 Å². The van der Waals surface area contributed by atoms with E-state index in [0.29, 0.717) is 12.4 Å². The molecule has 0 unspecified atom stereocenters. The number of carbonyl (C=O) groups is 2. The largest absolute Gasteiger partial charge is 0.481 e. The molecule has 3 aliphatic rings. The van der Waals surface area contributed by atoms with Crippen LogP contribution in [0, 0.1) is 17.3 Å². The van der Waals surface area contributed by atoms with Crippen LogP contribution in [0.5, 0.6) is 5.88 Å². The molecule has 1 aromatic heterocycles. The lowest BCUT2D eigenvalue weighted by Crippen LogP contribution is -2.49. The minimum Gasteiger partial charge on any atom is -0.481 e. The minimum absolute atomic E-state index is 0.0141. The summed E-state index contributed by atoms with van der Waals surface area (Å²) in [4.78, 5) is 36.1. The van der Waals surface area contributed by atoms with Gasteiger partial charge in [0.1, 0.15) is 6.04 Å². The number of pyridine rings is 1. The Labute approximate surface area is 244 Å². The molecule has 2 aromatic rings. The first-order valence-corrected chi connectivity index (χ1v) is 15.3. The normalized spacial score (nSPS) is 25.5. The molecular weight excluding hydrogens is 516 g/mol. The summed E-state index contributed by atoms with van der Waals surface area (Å²) in [5.41, 5.74) is 2.59. The zero-order valence-electron chi connectivity index (χ0n) is 25.0. The Kier molecular flexibility index (Phi) is 8.88. The average Bonchev–Trinajstić information content (AvgIpc) is 3.63. The second-order valence-corrected chi connectivity index (χ2v) is 13.1. The number of hydrogen-bond acceptors (Lipinski definition) is 6. The molecule has 2 N–H and O–H groups in total. The molecule has 0 bridgehead atoms. The number of methoxy groups -OCH3 is 1. The summed E-state index contributed by atoms with van der Waals surface area (Å²) >= 11 is 0. The van der Waals surface area contributed by atoms with Crippen LogP contribution < -0.4 is 15.0 Å². The zero-order chi connectivity index (χ0) is 29.1. The summed E-state index contributed by atoms with van der Waals surface area (Å²) in [5.74, 6) is -0.836. The lowest BCUT2D eigenvalue weighted by Gasteiger charge is -2.36. The highest BCUT2D eigenvalue weighted by molar-refractivity contribution is 5.87. The van der Waals surface area contributed by atoms with E-state index in [9.17, 15) is 14.7 Å². The van der Waals surface area contributed by atoms with Crippen molar-refractivity contribution in [3.8, 4) is 5.88 Å². The molecule has 222 valence electrons. The molecule has 5 rings (SSSR count). The van der Waals surface area contributed by atoms with Crippen LogP contribution in [0.3, 0.4) is 0 Å². The molecule has 2 saturated heterocycles. The van der Waals surface area contributed by atoms with Gasteiger partial charge in [0.15, 0.2) is 0 Å². The van der Waals surface area contributed by atoms with Crippen molar-refractivity contribution in [2.45, 2.75) is 90.4 Å². The van der Waals surface area contributed by atoms with Crippen molar-refractivity contribution in [1.82, 2.24) is 15.2 Å². The number of amides is 1. The Hall–Kier alpha value is -3.13. The monoisotopic (exact) mass is 562 g/mol. The molecular formula is C33H46N4O4. The van der Waals surface area contributed by atoms with Crippen molar-refractivity contribution in [3.05, 3.63) is 53.7 Å². The number of aromatic nitrogens is 1. The maximum atomic E-state index is 14.3. The van der Waals surface area contributed by atoms with Crippen LogP contribution in [0.25, 0.3) is 0 Å². The minimum atomic E-state index is -0.936. The van der Waals surface area contributed by atoms with Gasteiger partial charge in [-0.2, -0.15) is 0 Å². The van der Waals surface area contributed by atoms with Crippen LogP contribution in [-0.2, 0) is 16.1 Å². The first-order valence-electron chi connectivity index (χ1n) is 15.3. The molecule has 1 aromatic carbocycles. The number of ether oxygens (including phenoxy) is 1. The molecule has 3 fully saturated rings. The molecule has 4 atom stereocenters. The van der Waals surface area contributed by atoms with E-state index in [0.717, 1.165) is 62.0 Å². The van der Waals surface area contributed by atoms with Gasteiger partial charge < -0.3 is 25.0 Å². The standard InChI is InChI=1S/C33H46N4O4/c1-33(2,3)26-27(34-20-24-19-25(21-35-30(24)41-4)36-17-11-12-18-36)28(22-13-7-5-8-14-22)37(29(26)32(39)40)31(38)23-15-9-6-10-16-23/h5,7-8,13-14,19,21,23,26-29,34H,6,9-12,15-18,20H2,1-4H3,(H,39,40)/t26-,27-,28-,29-/m0/s1. The molecule has 1 aliphatic carbocycles. The van der Waals surface area contributed by atoms with E-state index in [2.05, 4.69) is 42.0 Å². The third-order valence-electron chi connectivity index (χ3n) is 9.37.